The summed E-state index contributed by atoms with van der Waals surface area (Å²) in [7, 11) is 0. The summed E-state index contributed by atoms with van der Waals surface area (Å²) < 4.78 is 3.45. The molecular formula is C22H18Cl2N2S. The number of rotatable bonds is 7. The van der Waals surface area contributed by atoms with Crippen molar-refractivity contribution in [3.63, 3.8) is 0 Å². The zero-order chi connectivity index (χ0) is 19.1. The molecule has 3 aromatic carbocycles. The summed E-state index contributed by atoms with van der Waals surface area (Å²) in [6.07, 6.45) is 0.861. The van der Waals surface area contributed by atoms with E-state index in [9.17, 15) is 5.26 Å². The van der Waals surface area contributed by atoms with Crippen LogP contribution < -0.4 is 4.72 Å². The van der Waals surface area contributed by atoms with Gasteiger partial charge in [0.1, 0.15) is 0 Å². The molecule has 0 fully saturated rings. The fraction of sp³-hybridized carbons (Fsp3) is 0.136. The van der Waals surface area contributed by atoms with Crippen LogP contribution in [-0.2, 0) is 6.42 Å². The smallest absolute Gasteiger partial charge is 0.0991 e. The molecule has 3 aromatic rings. The Kier molecular flexibility index (Phi) is 7.20. The Balaban J connectivity index is 1.73. The summed E-state index contributed by atoms with van der Waals surface area (Å²) in [6.45, 7) is 0.769. The molecule has 1 N–H and O–H groups in total. The minimum atomic E-state index is 0.235. The lowest BCUT2D eigenvalue weighted by atomic mass is 9.91. The second-order valence-corrected chi connectivity index (χ2v) is 8.01. The van der Waals surface area contributed by atoms with Gasteiger partial charge < -0.3 is 0 Å². The number of hydrogen-bond donors (Lipinski definition) is 1. The molecule has 0 aromatic heterocycles. The quantitative estimate of drug-likeness (QED) is 0.450. The number of nitrogens with zero attached hydrogens (tertiary/aromatic N) is 1. The van der Waals surface area contributed by atoms with Crippen molar-refractivity contribution in [3.8, 4) is 6.07 Å². The molecule has 1 atom stereocenters. The normalized spacial score (nSPS) is 11.7. The lowest BCUT2D eigenvalue weighted by Crippen LogP contribution is -2.18. The minimum absolute atomic E-state index is 0.235. The predicted octanol–water partition coefficient (Wildman–Crippen LogP) is 6.49. The van der Waals surface area contributed by atoms with Gasteiger partial charge in [0, 0.05) is 27.4 Å². The average molecular weight is 413 g/mol. The SMILES string of the molecule is N#Cc1cccc(C(CNSc2ccc(Cl)cc2)Cc2ccc(Cl)cc2)c1. The molecule has 27 heavy (non-hydrogen) atoms. The van der Waals surface area contributed by atoms with Crippen LogP contribution in [-0.4, -0.2) is 6.54 Å². The molecule has 0 saturated heterocycles. The minimum Gasteiger partial charge on any atom is -0.259 e. The topological polar surface area (TPSA) is 35.8 Å². The van der Waals surface area contributed by atoms with E-state index in [0.29, 0.717) is 5.56 Å². The van der Waals surface area contributed by atoms with Gasteiger partial charge in [-0.15, -0.1) is 0 Å². The first kappa shape index (κ1) is 19.8. The van der Waals surface area contributed by atoms with E-state index in [1.165, 1.54) is 5.56 Å². The Morgan fingerprint density at radius 3 is 2.26 bits per heavy atom. The lowest BCUT2D eigenvalue weighted by Gasteiger charge is -2.18. The van der Waals surface area contributed by atoms with E-state index in [-0.39, 0.29) is 5.92 Å². The maximum absolute atomic E-state index is 9.22. The Bertz CT molecular complexity index is 918. The van der Waals surface area contributed by atoms with E-state index in [0.717, 1.165) is 33.5 Å². The van der Waals surface area contributed by atoms with Gasteiger partial charge in [0.15, 0.2) is 0 Å². The van der Waals surface area contributed by atoms with E-state index in [1.54, 1.807) is 11.9 Å². The monoisotopic (exact) mass is 412 g/mol. The van der Waals surface area contributed by atoms with Crippen molar-refractivity contribution in [2.75, 3.05) is 6.54 Å². The fourth-order valence-electron chi connectivity index (χ4n) is 2.80. The second-order valence-electron chi connectivity index (χ2n) is 6.17. The zero-order valence-electron chi connectivity index (χ0n) is 14.5. The highest BCUT2D eigenvalue weighted by molar-refractivity contribution is 7.97. The maximum Gasteiger partial charge on any atom is 0.0991 e. The fourth-order valence-corrected chi connectivity index (χ4v) is 3.78. The van der Waals surface area contributed by atoms with Gasteiger partial charge in [0.05, 0.1) is 11.6 Å². The van der Waals surface area contributed by atoms with Crippen molar-refractivity contribution in [2.24, 2.45) is 0 Å². The molecule has 0 bridgehead atoms. The van der Waals surface area contributed by atoms with E-state index in [1.807, 2.05) is 54.6 Å². The van der Waals surface area contributed by atoms with Gasteiger partial charge in [0.25, 0.3) is 0 Å². The Labute approximate surface area is 174 Å². The van der Waals surface area contributed by atoms with Crippen LogP contribution in [0.25, 0.3) is 0 Å². The third-order valence-corrected chi connectivity index (χ3v) is 5.54. The van der Waals surface area contributed by atoms with Gasteiger partial charge in [-0.05, 0) is 78.0 Å². The van der Waals surface area contributed by atoms with Crippen molar-refractivity contribution < 1.29 is 0 Å². The highest BCUT2D eigenvalue weighted by Gasteiger charge is 2.13. The summed E-state index contributed by atoms with van der Waals surface area (Å²) in [5, 5.41) is 10.7. The number of hydrogen-bond acceptors (Lipinski definition) is 3. The second kappa shape index (κ2) is 9.82. The summed E-state index contributed by atoms with van der Waals surface area (Å²) >= 11 is 13.5. The van der Waals surface area contributed by atoms with Gasteiger partial charge in [0.2, 0.25) is 0 Å². The molecule has 0 amide bonds. The number of nitrogens with one attached hydrogen (secondary N) is 1. The first-order valence-corrected chi connectivity index (χ1v) is 10.1. The van der Waals surface area contributed by atoms with Crippen molar-refractivity contribution in [2.45, 2.75) is 17.2 Å². The Hall–Kier alpha value is -1.96. The molecule has 0 radical (unpaired) electrons. The van der Waals surface area contributed by atoms with Crippen molar-refractivity contribution >= 4 is 35.1 Å². The van der Waals surface area contributed by atoms with Gasteiger partial charge in [-0.1, -0.05) is 47.5 Å². The van der Waals surface area contributed by atoms with E-state index >= 15 is 0 Å². The maximum atomic E-state index is 9.22. The standard InChI is InChI=1S/C22H18Cl2N2S/c23-20-6-4-16(5-7-20)12-19(18-3-1-2-17(13-18)14-25)15-26-27-22-10-8-21(24)9-11-22/h1-11,13,19,26H,12,15H2. The molecule has 136 valence electrons. The lowest BCUT2D eigenvalue weighted by molar-refractivity contribution is 0.671. The molecular weight excluding hydrogens is 395 g/mol. The molecule has 3 rings (SSSR count). The van der Waals surface area contributed by atoms with Crippen LogP contribution in [0.3, 0.4) is 0 Å². The van der Waals surface area contributed by atoms with Crippen LogP contribution in [0.15, 0.2) is 77.7 Å². The van der Waals surface area contributed by atoms with Gasteiger partial charge in [-0.25, -0.2) is 0 Å². The molecule has 0 aliphatic rings. The summed E-state index contributed by atoms with van der Waals surface area (Å²) in [5.41, 5.74) is 3.04. The average Bonchev–Trinajstić information content (AvgIpc) is 2.70. The third-order valence-electron chi connectivity index (χ3n) is 4.22. The highest BCUT2D eigenvalue weighted by atomic mass is 35.5. The molecule has 0 aliphatic heterocycles. The van der Waals surface area contributed by atoms with Crippen molar-refractivity contribution in [1.82, 2.24) is 4.72 Å². The largest absolute Gasteiger partial charge is 0.259 e. The molecule has 5 heteroatoms. The highest BCUT2D eigenvalue weighted by Crippen LogP contribution is 2.25. The molecule has 2 nitrogen and oxygen atoms in total. The Morgan fingerprint density at radius 2 is 1.59 bits per heavy atom. The molecule has 0 heterocycles. The number of nitriles is 1. The molecule has 0 saturated carbocycles. The molecule has 0 spiro atoms. The van der Waals surface area contributed by atoms with Crippen LogP contribution in [0.4, 0.5) is 0 Å². The van der Waals surface area contributed by atoms with Crippen LogP contribution in [0.2, 0.25) is 10.0 Å². The number of benzene rings is 3. The third kappa shape index (κ3) is 6.02. The summed E-state index contributed by atoms with van der Waals surface area (Å²) in [6, 6.07) is 25.7. The van der Waals surface area contributed by atoms with Crippen molar-refractivity contribution in [1.29, 1.82) is 5.26 Å². The van der Waals surface area contributed by atoms with Gasteiger partial charge >= 0.3 is 0 Å². The van der Waals surface area contributed by atoms with Gasteiger partial charge in [-0.2, -0.15) is 5.26 Å². The summed E-state index contributed by atoms with van der Waals surface area (Å²) in [5.74, 6) is 0.235. The predicted molar refractivity (Wildman–Crippen MR) is 114 cm³/mol. The molecule has 1 unspecified atom stereocenters. The van der Waals surface area contributed by atoms with Crippen molar-refractivity contribution in [3.05, 3.63) is 99.5 Å². The van der Waals surface area contributed by atoms with Gasteiger partial charge in [-0.3, -0.25) is 4.72 Å². The van der Waals surface area contributed by atoms with Crippen LogP contribution in [0.5, 0.6) is 0 Å². The van der Waals surface area contributed by atoms with Crippen LogP contribution >= 0.6 is 35.1 Å². The van der Waals surface area contributed by atoms with Crippen LogP contribution in [0, 0.1) is 11.3 Å². The number of halogens is 2. The molecule has 0 aliphatic carbocycles. The van der Waals surface area contributed by atoms with E-state index in [2.05, 4.69) is 29.0 Å². The van der Waals surface area contributed by atoms with E-state index < -0.39 is 0 Å². The van der Waals surface area contributed by atoms with E-state index in [4.69, 9.17) is 23.2 Å². The summed E-state index contributed by atoms with van der Waals surface area (Å²) in [4.78, 5) is 1.11. The first-order chi connectivity index (χ1) is 13.1. The first-order valence-electron chi connectivity index (χ1n) is 8.54. The Morgan fingerprint density at radius 1 is 0.926 bits per heavy atom. The van der Waals surface area contributed by atoms with Crippen LogP contribution in [0.1, 0.15) is 22.6 Å². The zero-order valence-corrected chi connectivity index (χ0v) is 16.9.